The van der Waals surface area contributed by atoms with Crippen LogP contribution in [0.15, 0.2) is 35.6 Å². The first kappa shape index (κ1) is 19.5. The lowest BCUT2D eigenvalue weighted by Crippen LogP contribution is -2.46. The van der Waals surface area contributed by atoms with E-state index in [1.165, 1.54) is 0 Å². The maximum Gasteiger partial charge on any atom is 0.269 e. The van der Waals surface area contributed by atoms with Gasteiger partial charge in [0.1, 0.15) is 5.69 Å². The molecule has 0 spiro atoms. The Morgan fingerprint density at radius 2 is 1.97 bits per heavy atom. The number of hydrogen-bond acceptors (Lipinski definition) is 6. The van der Waals surface area contributed by atoms with Crippen LogP contribution in [0.3, 0.4) is 0 Å². The summed E-state index contributed by atoms with van der Waals surface area (Å²) in [4.78, 5) is 36.8. The van der Waals surface area contributed by atoms with E-state index in [2.05, 4.69) is 31.2 Å². The minimum atomic E-state index is -0.181. The summed E-state index contributed by atoms with van der Waals surface area (Å²) in [6.07, 6.45) is 5.58. The number of nitrogens with zero attached hydrogens (tertiary/aromatic N) is 4. The van der Waals surface area contributed by atoms with Gasteiger partial charge in [-0.25, -0.2) is 4.98 Å². The minimum Gasteiger partial charge on any atom is -0.368 e. The normalized spacial score (nSPS) is 17.0. The lowest BCUT2D eigenvalue weighted by molar-refractivity contribution is -0.114. The summed E-state index contributed by atoms with van der Waals surface area (Å²) in [6.45, 7) is 4.40. The molecule has 1 aliphatic carbocycles. The van der Waals surface area contributed by atoms with E-state index >= 15 is 0 Å². The van der Waals surface area contributed by atoms with Crippen LogP contribution in [0.25, 0.3) is 6.08 Å². The number of nitrogens with one attached hydrogen (secondary N) is 1. The highest BCUT2D eigenvalue weighted by Crippen LogP contribution is 2.24. The van der Waals surface area contributed by atoms with Crippen LogP contribution in [0, 0.1) is 0 Å². The number of piperazine rings is 1. The van der Waals surface area contributed by atoms with Crippen LogP contribution in [0.2, 0.25) is 0 Å². The second-order valence-electron chi connectivity index (χ2n) is 7.22. The van der Waals surface area contributed by atoms with Gasteiger partial charge in [-0.3, -0.25) is 19.5 Å². The summed E-state index contributed by atoms with van der Waals surface area (Å²) in [6, 6.07) is 5.76. The molecular formula is C21H22ClN5O2. The molecule has 4 rings (SSSR count). The molecular weight excluding hydrogens is 390 g/mol. The number of halogens is 1. The fourth-order valence-electron chi connectivity index (χ4n) is 3.64. The smallest absolute Gasteiger partial charge is 0.269 e. The predicted molar refractivity (Wildman–Crippen MR) is 112 cm³/mol. The van der Waals surface area contributed by atoms with Crippen LogP contribution >= 0.6 is 11.6 Å². The average Bonchev–Trinajstić information content (AvgIpc) is 2.75. The molecule has 0 aromatic carbocycles. The van der Waals surface area contributed by atoms with Crippen molar-refractivity contribution in [3.63, 3.8) is 0 Å². The molecule has 3 heterocycles. The first-order valence-corrected chi connectivity index (χ1v) is 9.95. The predicted octanol–water partition coefficient (Wildman–Crippen LogP) is 1.86. The Hall–Kier alpha value is -2.77. The van der Waals surface area contributed by atoms with E-state index in [-0.39, 0.29) is 16.7 Å². The van der Waals surface area contributed by atoms with Crippen molar-refractivity contribution in [3.05, 3.63) is 58.1 Å². The van der Waals surface area contributed by atoms with Crippen molar-refractivity contribution in [1.29, 1.82) is 0 Å². The molecule has 0 saturated carbocycles. The molecule has 1 amide bonds. The van der Waals surface area contributed by atoms with Crippen LogP contribution in [0.1, 0.15) is 27.3 Å². The van der Waals surface area contributed by atoms with Crippen LogP contribution in [0.4, 0.5) is 5.69 Å². The number of anilines is 1. The Bertz CT molecular complexity index is 966. The Morgan fingerprint density at radius 3 is 2.66 bits per heavy atom. The van der Waals surface area contributed by atoms with Crippen LogP contribution < -0.4 is 10.2 Å². The van der Waals surface area contributed by atoms with Crippen molar-refractivity contribution in [2.24, 2.45) is 0 Å². The summed E-state index contributed by atoms with van der Waals surface area (Å²) in [5.74, 6) is -0.234. The topological polar surface area (TPSA) is 78.4 Å². The van der Waals surface area contributed by atoms with Gasteiger partial charge in [0, 0.05) is 52.4 Å². The molecule has 2 aromatic heterocycles. The second kappa shape index (κ2) is 8.31. The number of amides is 1. The van der Waals surface area contributed by atoms with Gasteiger partial charge in [0.05, 0.1) is 22.6 Å². The van der Waals surface area contributed by atoms with E-state index < -0.39 is 0 Å². The molecule has 1 aliphatic heterocycles. The van der Waals surface area contributed by atoms with E-state index in [9.17, 15) is 9.59 Å². The summed E-state index contributed by atoms with van der Waals surface area (Å²) in [5.41, 5.74) is 4.28. The van der Waals surface area contributed by atoms with Crippen molar-refractivity contribution in [2.45, 2.75) is 13.0 Å². The highest BCUT2D eigenvalue weighted by Gasteiger charge is 2.21. The Morgan fingerprint density at radius 1 is 1.17 bits per heavy atom. The number of pyridine rings is 2. The van der Waals surface area contributed by atoms with Crippen molar-refractivity contribution >= 4 is 35.1 Å². The minimum absolute atomic E-state index is 0.0530. The van der Waals surface area contributed by atoms with E-state index in [0.29, 0.717) is 12.1 Å². The van der Waals surface area contributed by atoms with Gasteiger partial charge in [0.2, 0.25) is 0 Å². The number of carbonyl (C=O) groups excluding carboxylic acids is 2. The fourth-order valence-corrected chi connectivity index (χ4v) is 3.81. The maximum absolute atomic E-state index is 11.8. The van der Waals surface area contributed by atoms with Crippen molar-refractivity contribution in [3.8, 4) is 0 Å². The maximum atomic E-state index is 11.8. The number of Topliss-reactive ketones (excluding diaryl/α,β-unsaturated/α-hetero) is 1. The van der Waals surface area contributed by atoms with Gasteiger partial charge in [-0.1, -0.05) is 17.7 Å². The molecule has 7 nitrogen and oxygen atoms in total. The van der Waals surface area contributed by atoms with Crippen molar-refractivity contribution < 1.29 is 9.59 Å². The highest BCUT2D eigenvalue weighted by atomic mass is 35.5. The molecule has 29 heavy (non-hydrogen) atoms. The Balaban J connectivity index is 1.35. The standard InChI is InChI=1S/C21H22ClN5O2/c1-23-21(29)18-3-2-16(12-25-18)27-6-4-26(5-7-27)13-14-8-15-9-20(28)17(22)10-19(15)24-11-14/h2-3,8,10-12H,4-7,9,13H2,1H3,(H,23,29). The quantitative estimate of drug-likeness (QED) is 0.827. The molecule has 2 aromatic rings. The molecule has 8 heteroatoms. The first-order valence-electron chi connectivity index (χ1n) is 9.57. The van der Waals surface area contributed by atoms with E-state index in [1.807, 2.05) is 12.3 Å². The molecule has 0 bridgehead atoms. The van der Waals surface area contributed by atoms with Gasteiger partial charge in [-0.15, -0.1) is 0 Å². The van der Waals surface area contributed by atoms with Gasteiger partial charge in [-0.05, 0) is 29.3 Å². The third kappa shape index (κ3) is 4.31. The number of fused-ring (bicyclic) bond motifs is 1. The number of allylic oxidation sites excluding steroid dienone is 1. The molecule has 0 atom stereocenters. The third-order valence-corrected chi connectivity index (χ3v) is 5.61. The lowest BCUT2D eigenvalue weighted by atomic mass is 9.99. The van der Waals surface area contributed by atoms with Gasteiger partial charge in [0.15, 0.2) is 5.78 Å². The van der Waals surface area contributed by atoms with Crippen LogP contribution in [-0.4, -0.2) is 59.8 Å². The molecule has 1 N–H and O–H groups in total. The van der Waals surface area contributed by atoms with E-state index in [0.717, 1.165) is 55.2 Å². The van der Waals surface area contributed by atoms with Gasteiger partial charge in [-0.2, -0.15) is 0 Å². The molecule has 1 saturated heterocycles. The van der Waals surface area contributed by atoms with Crippen molar-refractivity contribution in [1.82, 2.24) is 20.2 Å². The number of ketones is 1. The van der Waals surface area contributed by atoms with E-state index in [1.54, 1.807) is 25.4 Å². The number of rotatable bonds is 4. The number of carbonyl (C=O) groups is 2. The first-order chi connectivity index (χ1) is 14.0. The third-order valence-electron chi connectivity index (χ3n) is 5.29. The Labute approximate surface area is 174 Å². The fraction of sp³-hybridized carbons (Fsp3) is 0.333. The largest absolute Gasteiger partial charge is 0.368 e. The zero-order chi connectivity index (χ0) is 20.4. The zero-order valence-corrected chi connectivity index (χ0v) is 16.9. The molecule has 150 valence electrons. The van der Waals surface area contributed by atoms with Crippen LogP contribution in [-0.2, 0) is 17.8 Å². The Kier molecular flexibility index (Phi) is 5.60. The van der Waals surface area contributed by atoms with Gasteiger partial charge in [0.25, 0.3) is 5.91 Å². The number of aromatic nitrogens is 2. The second-order valence-corrected chi connectivity index (χ2v) is 7.63. The summed E-state index contributed by atoms with van der Waals surface area (Å²) in [5, 5.41) is 2.83. The van der Waals surface area contributed by atoms with E-state index in [4.69, 9.17) is 11.6 Å². The zero-order valence-electron chi connectivity index (χ0n) is 16.2. The average molecular weight is 412 g/mol. The monoisotopic (exact) mass is 411 g/mol. The highest BCUT2D eigenvalue weighted by molar-refractivity contribution is 6.45. The summed E-state index contributed by atoms with van der Waals surface area (Å²) in [7, 11) is 1.60. The lowest BCUT2D eigenvalue weighted by Gasteiger charge is -2.36. The molecule has 0 radical (unpaired) electrons. The van der Waals surface area contributed by atoms with Gasteiger partial charge < -0.3 is 10.2 Å². The van der Waals surface area contributed by atoms with Gasteiger partial charge >= 0.3 is 0 Å². The SMILES string of the molecule is CNC(=O)c1ccc(N2CCN(Cc3cnc4c(c3)CC(=O)C(Cl)=C4)CC2)cn1. The molecule has 2 aliphatic rings. The molecule has 1 fully saturated rings. The van der Waals surface area contributed by atoms with Crippen LogP contribution in [0.5, 0.6) is 0 Å². The van der Waals surface area contributed by atoms with Crippen molar-refractivity contribution in [2.75, 3.05) is 38.1 Å². The number of hydrogen-bond donors (Lipinski definition) is 1. The summed E-state index contributed by atoms with van der Waals surface area (Å²) >= 11 is 5.92. The summed E-state index contributed by atoms with van der Waals surface area (Å²) < 4.78 is 0. The molecule has 0 unspecified atom stereocenters.